The highest BCUT2D eigenvalue weighted by molar-refractivity contribution is 7.91. The van der Waals surface area contributed by atoms with E-state index in [1.807, 2.05) is 0 Å². The number of amides is 2. The molecule has 10 heteroatoms. The summed E-state index contributed by atoms with van der Waals surface area (Å²) in [5.41, 5.74) is -0.0962. The molecule has 0 bridgehead atoms. The van der Waals surface area contributed by atoms with Crippen LogP contribution in [0.2, 0.25) is 0 Å². The van der Waals surface area contributed by atoms with E-state index >= 15 is 0 Å². The summed E-state index contributed by atoms with van der Waals surface area (Å²) in [7, 11) is -3.26. The van der Waals surface area contributed by atoms with Crippen LogP contribution >= 0.6 is 0 Å². The lowest BCUT2D eigenvalue weighted by Gasteiger charge is -2.22. The SMILES string of the molecule is O=C(C1CC(=O)N(c2ccc(F)cc2F)C1)N1CCS(=O)(=O)CCO1. The Balaban J connectivity index is 1.72. The normalized spacial score (nSPS) is 23.6. The third-order valence-electron chi connectivity index (χ3n) is 4.17. The molecule has 1 aromatic carbocycles. The van der Waals surface area contributed by atoms with Gasteiger partial charge in [0, 0.05) is 19.0 Å². The molecule has 2 aliphatic heterocycles. The number of carbonyl (C=O) groups is 2. The van der Waals surface area contributed by atoms with Gasteiger partial charge in [-0.15, -0.1) is 0 Å². The molecule has 0 radical (unpaired) electrons. The fraction of sp³-hybridized carbons (Fsp3) is 0.467. The Morgan fingerprint density at radius 2 is 2.00 bits per heavy atom. The van der Waals surface area contributed by atoms with Gasteiger partial charge in [0.1, 0.15) is 11.6 Å². The molecule has 136 valence electrons. The molecule has 1 atom stereocenters. The van der Waals surface area contributed by atoms with E-state index < -0.39 is 39.2 Å². The van der Waals surface area contributed by atoms with Gasteiger partial charge in [0.2, 0.25) is 5.91 Å². The van der Waals surface area contributed by atoms with Crippen LogP contribution in [0.5, 0.6) is 0 Å². The molecule has 25 heavy (non-hydrogen) atoms. The van der Waals surface area contributed by atoms with Crippen molar-refractivity contribution in [3.8, 4) is 0 Å². The highest BCUT2D eigenvalue weighted by atomic mass is 32.2. The zero-order valence-corrected chi connectivity index (χ0v) is 14.0. The summed E-state index contributed by atoms with van der Waals surface area (Å²) in [6, 6.07) is 2.84. The number of rotatable bonds is 2. The van der Waals surface area contributed by atoms with E-state index in [4.69, 9.17) is 4.84 Å². The average Bonchev–Trinajstić information content (AvgIpc) is 2.81. The Kier molecular flexibility index (Phi) is 4.74. The Morgan fingerprint density at radius 3 is 2.72 bits per heavy atom. The van der Waals surface area contributed by atoms with Crippen molar-refractivity contribution in [1.29, 1.82) is 0 Å². The van der Waals surface area contributed by atoms with Crippen LogP contribution in [-0.2, 0) is 24.3 Å². The molecule has 2 amide bonds. The average molecular weight is 374 g/mol. The van der Waals surface area contributed by atoms with E-state index in [-0.39, 0.29) is 43.3 Å². The highest BCUT2D eigenvalue weighted by Crippen LogP contribution is 2.29. The molecular weight excluding hydrogens is 358 g/mol. The Bertz CT molecular complexity index is 814. The molecule has 2 heterocycles. The second kappa shape index (κ2) is 6.68. The number of nitrogens with zero attached hydrogens (tertiary/aromatic N) is 2. The van der Waals surface area contributed by atoms with Gasteiger partial charge in [0.05, 0.1) is 36.3 Å². The smallest absolute Gasteiger partial charge is 0.251 e. The first-order valence-electron chi connectivity index (χ1n) is 7.67. The molecule has 7 nitrogen and oxygen atoms in total. The van der Waals surface area contributed by atoms with Crippen LogP contribution in [-0.4, -0.2) is 56.5 Å². The van der Waals surface area contributed by atoms with E-state index in [1.165, 1.54) is 0 Å². The van der Waals surface area contributed by atoms with E-state index in [9.17, 15) is 26.8 Å². The highest BCUT2D eigenvalue weighted by Gasteiger charge is 2.39. The lowest BCUT2D eigenvalue weighted by Crippen LogP contribution is -2.38. The predicted octanol–water partition coefficient (Wildman–Crippen LogP) is 0.506. The number of benzene rings is 1. The molecule has 0 saturated carbocycles. The molecule has 2 fully saturated rings. The maximum Gasteiger partial charge on any atom is 0.251 e. The summed E-state index contributed by atoms with van der Waals surface area (Å²) in [5.74, 6) is -3.80. The summed E-state index contributed by atoms with van der Waals surface area (Å²) in [4.78, 5) is 30.9. The maximum atomic E-state index is 13.9. The first-order chi connectivity index (χ1) is 11.8. The Morgan fingerprint density at radius 1 is 1.24 bits per heavy atom. The number of hydroxylamine groups is 2. The molecule has 0 N–H and O–H groups in total. The fourth-order valence-corrected chi connectivity index (χ4v) is 3.82. The van der Waals surface area contributed by atoms with Crippen LogP contribution in [0.25, 0.3) is 0 Å². The van der Waals surface area contributed by atoms with Crippen LogP contribution in [0.4, 0.5) is 14.5 Å². The Hall–Kier alpha value is -2.07. The van der Waals surface area contributed by atoms with E-state index in [2.05, 4.69) is 0 Å². The molecule has 2 saturated heterocycles. The zero-order valence-electron chi connectivity index (χ0n) is 13.2. The number of carbonyl (C=O) groups excluding carboxylic acids is 2. The monoisotopic (exact) mass is 374 g/mol. The van der Waals surface area contributed by atoms with Gasteiger partial charge in [-0.25, -0.2) is 22.3 Å². The van der Waals surface area contributed by atoms with E-state index in [0.29, 0.717) is 6.07 Å². The third-order valence-corrected chi connectivity index (χ3v) is 5.76. The summed E-state index contributed by atoms with van der Waals surface area (Å²) in [6.45, 7) is -0.325. The lowest BCUT2D eigenvalue weighted by atomic mass is 10.1. The molecule has 0 aliphatic carbocycles. The zero-order chi connectivity index (χ0) is 18.2. The standard InChI is InChI=1S/C15H16F2N2O5S/c16-11-1-2-13(12(17)8-11)18-9-10(7-14(18)20)15(21)19-3-5-25(22,23)6-4-24-19/h1-2,8,10H,3-7,9H2. The van der Waals surface area contributed by atoms with Crippen molar-refractivity contribution in [3.63, 3.8) is 0 Å². The van der Waals surface area contributed by atoms with Crippen molar-refractivity contribution in [2.75, 3.05) is 36.1 Å². The molecule has 3 rings (SSSR count). The molecule has 0 aromatic heterocycles. The minimum atomic E-state index is -3.26. The van der Waals surface area contributed by atoms with Crippen LogP contribution < -0.4 is 4.90 Å². The summed E-state index contributed by atoms with van der Waals surface area (Å²) in [6.07, 6.45) is -0.151. The minimum Gasteiger partial charge on any atom is -0.309 e. The van der Waals surface area contributed by atoms with Crippen molar-refractivity contribution >= 4 is 27.3 Å². The van der Waals surface area contributed by atoms with Crippen LogP contribution in [0.3, 0.4) is 0 Å². The quantitative estimate of drug-likeness (QED) is 0.753. The van der Waals surface area contributed by atoms with Gasteiger partial charge in [-0.1, -0.05) is 0 Å². The van der Waals surface area contributed by atoms with Gasteiger partial charge in [-0.2, -0.15) is 0 Å². The molecule has 1 aromatic rings. The van der Waals surface area contributed by atoms with Crippen molar-refractivity contribution in [2.45, 2.75) is 6.42 Å². The van der Waals surface area contributed by atoms with Gasteiger partial charge < -0.3 is 4.90 Å². The van der Waals surface area contributed by atoms with Crippen molar-refractivity contribution in [1.82, 2.24) is 5.06 Å². The summed E-state index contributed by atoms with van der Waals surface area (Å²) in [5, 5.41) is 0.965. The van der Waals surface area contributed by atoms with Gasteiger partial charge in [-0.05, 0) is 12.1 Å². The first kappa shape index (κ1) is 17.7. The topological polar surface area (TPSA) is 84.0 Å². The lowest BCUT2D eigenvalue weighted by molar-refractivity contribution is -0.185. The van der Waals surface area contributed by atoms with E-state index in [1.54, 1.807) is 0 Å². The molecule has 0 spiro atoms. The number of halogens is 2. The second-order valence-electron chi connectivity index (χ2n) is 5.93. The van der Waals surface area contributed by atoms with Crippen LogP contribution in [0.15, 0.2) is 18.2 Å². The number of sulfone groups is 1. The van der Waals surface area contributed by atoms with Crippen LogP contribution in [0.1, 0.15) is 6.42 Å². The number of hydrogen-bond acceptors (Lipinski definition) is 5. The number of hydrogen-bond donors (Lipinski definition) is 0. The first-order valence-corrected chi connectivity index (χ1v) is 9.49. The Labute approximate surface area is 143 Å². The van der Waals surface area contributed by atoms with Crippen LogP contribution in [0, 0.1) is 17.6 Å². The third kappa shape index (κ3) is 3.79. The van der Waals surface area contributed by atoms with Gasteiger partial charge in [0.15, 0.2) is 9.84 Å². The summed E-state index contributed by atoms with van der Waals surface area (Å²) < 4.78 is 50.0. The number of anilines is 1. The molecule has 2 aliphatic rings. The summed E-state index contributed by atoms with van der Waals surface area (Å²) >= 11 is 0. The second-order valence-corrected chi connectivity index (χ2v) is 8.23. The van der Waals surface area contributed by atoms with Crippen molar-refractivity contribution in [3.05, 3.63) is 29.8 Å². The molecule has 1 unspecified atom stereocenters. The van der Waals surface area contributed by atoms with Gasteiger partial charge in [-0.3, -0.25) is 14.4 Å². The fourth-order valence-electron chi connectivity index (χ4n) is 2.85. The largest absolute Gasteiger partial charge is 0.309 e. The van der Waals surface area contributed by atoms with Crippen molar-refractivity contribution < 1.29 is 31.6 Å². The molecular formula is C15H16F2N2O5S. The predicted molar refractivity (Wildman–Crippen MR) is 83.1 cm³/mol. The van der Waals surface area contributed by atoms with Gasteiger partial charge >= 0.3 is 0 Å². The van der Waals surface area contributed by atoms with Gasteiger partial charge in [0.25, 0.3) is 5.91 Å². The van der Waals surface area contributed by atoms with E-state index in [0.717, 1.165) is 22.1 Å². The maximum absolute atomic E-state index is 13.9. The van der Waals surface area contributed by atoms with Crippen molar-refractivity contribution in [2.24, 2.45) is 5.92 Å². The minimum absolute atomic E-state index is 0.0766.